The lowest BCUT2D eigenvalue weighted by atomic mass is 10.2. The summed E-state index contributed by atoms with van der Waals surface area (Å²) in [5.74, 6) is -0.240. The Morgan fingerprint density at radius 2 is 2.18 bits per heavy atom. The number of imide groups is 1. The smallest absolute Gasteiger partial charge is 0.294 e. The number of hydrogen-bond acceptors (Lipinski definition) is 4. The molecule has 2 N–H and O–H groups in total. The van der Waals surface area contributed by atoms with Crippen molar-refractivity contribution in [3.63, 3.8) is 0 Å². The van der Waals surface area contributed by atoms with E-state index in [1.165, 1.54) is 4.90 Å². The van der Waals surface area contributed by atoms with Crippen LogP contribution in [-0.2, 0) is 4.79 Å². The Morgan fingerprint density at radius 1 is 1.29 bits per heavy atom. The number of urea groups is 1. The van der Waals surface area contributed by atoms with E-state index in [0.29, 0.717) is 18.7 Å². The number of rotatable bonds is 1. The fraction of sp³-hybridized carbons (Fsp3) is 0.200. The standard InChI is InChI=1S/C10H9N5O2/c16-9-3-4-15(10(17)11-9)6-1-2-7-8(5-6)13-14-12-7/h1-2,5H,3-4H2,(H,11,16,17)(H,12,13,14). The number of aromatic nitrogens is 3. The highest BCUT2D eigenvalue weighted by atomic mass is 16.2. The third kappa shape index (κ3) is 1.61. The summed E-state index contributed by atoms with van der Waals surface area (Å²) < 4.78 is 0. The second-order valence-corrected chi connectivity index (χ2v) is 3.77. The molecule has 0 saturated carbocycles. The second kappa shape index (κ2) is 3.55. The molecule has 7 nitrogen and oxygen atoms in total. The zero-order chi connectivity index (χ0) is 11.8. The number of anilines is 1. The fourth-order valence-corrected chi connectivity index (χ4v) is 1.81. The van der Waals surface area contributed by atoms with Gasteiger partial charge in [0.25, 0.3) is 0 Å². The van der Waals surface area contributed by atoms with Crippen molar-refractivity contribution in [2.45, 2.75) is 6.42 Å². The first-order chi connectivity index (χ1) is 8.24. The van der Waals surface area contributed by atoms with Gasteiger partial charge in [0.1, 0.15) is 5.52 Å². The number of amides is 3. The minimum absolute atomic E-state index is 0.240. The number of carbonyl (C=O) groups is 2. The molecule has 1 aromatic carbocycles. The van der Waals surface area contributed by atoms with Crippen LogP contribution >= 0.6 is 0 Å². The first-order valence-electron chi connectivity index (χ1n) is 5.16. The molecule has 0 atom stereocenters. The van der Waals surface area contributed by atoms with Crippen molar-refractivity contribution in [1.29, 1.82) is 0 Å². The Labute approximate surface area is 95.8 Å². The molecule has 3 amide bonds. The van der Waals surface area contributed by atoms with Crippen LogP contribution in [0.15, 0.2) is 18.2 Å². The van der Waals surface area contributed by atoms with Crippen LogP contribution in [0, 0.1) is 0 Å². The highest BCUT2D eigenvalue weighted by Crippen LogP contribution is 2.20. The molecule has 1 aromatic heterocycles. The van der Waals surface area contributed by atoms with Crippen molar-refractivity contribution in [3.8, 4) is 0 Å². The van der Waals surface area contributed by atoms with Crippen LogP contribution in [0.5, 0.6) is 0 Å². The Bertz CT molecular complexity index is 606. The van der Waals surface area contributed by atoms with Crippen molar-refractivity contribution >= 4 is 28.7 Å². The number of carbonyl (C=O) groups excluding carboxylic acids is 2. The van der Waals surface area contributed by atoms with Gasteiger partial charge in [-0.2, -0.15) is 0 Å². The number of nitrogens with zero attached hydrogens (tertiary/aromatic N) is 3. The van der Waals surface area contributed by atoms with Crippen LogP contribution in [0.2, 0.25) is 0 Å². The lowest BCUT2D eigenvalue weighted by Gasteiger charge is -2.26. The molecule has 0 bridgehead atoms. The first kappa shape index (κ1) is 9.76. The van der Waals surface area contributed by atoms with E-state index >= 15 is 0 Å². The zero-order valence-corrected chi connectivity index (χ0v) is 8.80. The van der Waals surface area contributed by atoms with E-state index in [1.807, 2.05) is 0 Å². The summed E-state index contributed by atoms with van der Waals surface area (Å²) in [5.41, 5.74) is 2.21. The second-order valence-electron chi connectivity index (χ2n) is 3.77. The molecule has 2 aromatic rings. The van der Waals surface area contributed by atoms with Gasteiger partial charge < -0.3 is 0 Å². The molecule has 1 fully saturated rings. The molecule has 17 heavy (non-hydrogen) atoms. The maximum absolute atomic E-state index is 11.6. The fourth-order valence-electron chi connectivity index (χ4n) is 1.81. The monoisotopic (exact) mass is 231 g/mol. The minimum atomic E-state index is -0.395. The quantitative estimate of drug-likeness (QED) is 0.743. The predicted molar refractivity (Wildman–Crippen MR) is 59.4 cm³/mol. The molecule has 1 saturated heterocycles. The van der Waals surface area contributed by atoms with Gasteiger partial charge in [0.2, 0.25) is 5.91 Å². The Balaban J connectivity index is 1.97. The topological polar surface area (TPSA) is 91.0 Å². The SMILES string of the molecule is O=C1CCN(c2ccc3nn[nH]c3c2)C(=O)N1. The zero-order valence-electron chi connectivity index (χ0n) is 8.80. The Kier molecular flexibility index (Phi) is 2.04. The molecular weight excluding hydrogens is 222 g/mol. The molecule has 2 heterocycles. The van der Waals surface area contributed by atoms with Crippen LogP contribution in [0.25, 0.3) is 11.0 Å². The summed E-state index contributed by atoms with van der Waals surface area (Å²) in [5, 5.41) is 12.5. The molecule has 1 aliphatic heterocycles. The third-order valence-corrected chi connectivity index (χ3v) is 2.67. The predicted octanol–water partition coefficient (Wildman–Crippen LogP) is 0.404. The van der Waals surface area contributed by atoms with Gasteiger partial charge in [0.05, 0.1) is 5.52 Å². The summed E-state index contributed by atoms with van der Waals surface area (Å²) in [4.78, 5) is 24.2. The molecule has 7 heteroatoms. The van der Waals surface area contributed by atoms with Gasteiger partial charge in [-0.25, -0.2) is 4.79 Å². The highest BCUT2D eigenvalue weighted by Gasteiger charge is 2.24. The number of fused-ring (bicyclic) bond motifs is 1. The van der Waals surface area contributed by atoms with E-state index in [0.717, 1.165) is 11.0 Å². The van der Waals surface area contributed by atoms with Crippen LogP contribution < -0.4 is 10.2 Å². The summed E-state index contributed by atoms with van der Waals surface area (Å²) in [6.45, 7) is 0.387. The lowest BCUT2D eigenvalue weighted by Crippen LogP contribution is -2.49. The van der Waals surface area contributed by atoms with Crippen LogP contribution in [0.1, 0.15) is 6.42 Å². The van der Waals surface area contributed by atoms with E-state index in [2.05, 4.69) is 20.7 Å². The van der Waals surface area contributed by atoms with Gasteiger partial charge in [0, 0.05) is 18.7 Å². The molecule has 1 aliphatic rings. The van der Waals surface area contributed by atoms with Crippen molar-refractivity contribution < 1.29 is 9.59 Å². The first-order valence-corrected chi connectivity index (χ1v) is 5.16. The summed E-state index contributed by atoms with van der Waals surface area (Å²) in [6.07, 6.45) is 0.311. The summed E-state index contributed by atoms with van der Waals surface area (Å²) in [6, 6.07) is 4.94. The maximum atomic E-state index is 11.6. The molecule has 0 aliphatic carbocycles. The summed E-state index contributed by atoms with van der Waals surface area (Å²) >= 11 is 0. The Morgan fingerprint density at radius 3 is 3.00 bits per heavy atom. The van der Waals surface area contributed by atoms with Crippen molar-refractivity contribution in [3.05, 3.63) is 18.2 Å². The van der Waals surface area contributed by atoms with E-state index < -0.39 is 6.03 Å². The molecule has 3 rings (SSSR count). The average Bonchev–Trinajstić information content (AvgIpc) is 2.75. The summed E-state index contributed by atoms with van der Waals surface area (Å²) in [7, 11) is 0. The van der Waals surface area contributed by atoms with Crippen molar-refractivity contribution in [1.82, 2.24) is 20.7 Å². The van der Waals surface area contributed by atoms with Gasteiger partial charge in [-0.05, 0) is 18.2 Å². The number of aromatic amines is 1. The Hall–Kier alpha value is -2.44. The minimum Gasteiger partial charge on any atom is -0.294 e. The van der Waals surface area contributed by atoms with Crippen LogP contribution in [0.3, 0.4) is 0 Å². The van der Waals surface area contributed by atoms with Gasteiger partial charge in [-0.15, -0.1) is 5.10 Å². The number of benzene rings is 1. The number of hydrogen-bond donors (Lipinski definition) is 2. The lowest BCUT2D eigenvalue weighted by molar-refractivity contribution is -0.120. The van der Waals surface area contributed by atoms with E-state index in [1.54, 1.807) is 18.2 Å². The van der Waals surface area contributed by atoms with Crippen LogP contribution in [0.4, 0.5) is 10.5 Å². The van der Waals surface area contributed by atoms with E-state index in [4.69, 9.17) is 0 Å². The van der Waals surface area contributed by atoms with Gasteiger partial charge >= 0.3 is 6.03 Å². The van der Waals surface area contributed by atoms with Crippen molar-refractivity contribution in [2.24, 2.45) is 0 Å². The molecule has 0 unspecified atom stereocenters. The number of H-pyrrole nitrogens is 1. The largest absolute Gasteiger partial charge is 0.328 e. The third-order valence-electron chi connectivity index (χ3n) is 2.67. The van der Waals surface area contributed by atoms with Crippen LogP contribution in [-0.4, -0.2) is 33.9 Å². The maximum Gasteiger partial charge on any atom is 0.328 e. The van der Waals surface area contributed by atoms with Gasteiger partial charge in [0.15, 0.2) is 0 Å². The van der Waals surface area contributed by atoms with Crippen molar-refractivity contribution in [2.75, 3.05) is 11.4 Å². The normalized spacial score (nSPS) is 16.4. The molecule has 0 spiro atoms. The number of nitrogens with one attached hydrogen (secondary N) is 2. The van der Waals surface area contributed by atoms with Gasteiger partial charge in [-0.1, -0.05) is 5.21 Å². The molecule has 86 valence electrons. The average molecular weight is 231 g/mol. The van der Waals surface area contributed by atoms with Gasteiger partial charge in [-0.3, -0.25) is 20.1 Å². The van der Waals surface area contributed by atoms with E-state index in [9.17, 15) is 9.59 Å². The highest BCUT2D eigenvalue weighted by molar-refractivity contribution is 6.06. The molecular formula is C10H9N5O2. The van der Waals surface area contributed by atoms with E-state index in [-0.39, 0.29) is 5.91 Å². The molecule has 0 radical (unpaired) electrons.